The van der Waals surface area contributed by atoms with Crippen molar-refractivity contribution >= 4 is 17.7 Å². The van der Waals surface area contributed by atoms with Crippen molar-refractivity contribution in [3.8, 4) is 0 Å². The highest BCUT2D eigenvalue weighted by atomic mass is 32.2. The molecule has 0 radical (unpaired) electrons. The zero-order valence-corrected chi connectivity index (χ0v) is 11.3. The number of carboxylic acids is 1. The number of aliphatic carboxylic acids is 1. The summed E-state index contributed by atoms with van der Waals surface area (Å²) < 4.78 is 5.28. The number of carbonyl (C=O) groups is 1. The minimum atomic E-state index is -0.837. The lowest BCUT2D eigenvalue weighted by Gasteiger charge is -2.47. The van der Waals surface area contributed by atoms with Gasteiger partial charge in [-0.05, 0) is 17.6 Å². The molecular weight excluding hydrogens is 238 g/mol. The Morgan fingerprint density at radius 2 is 2.29 bits per heavy atom. The van der Waals surface area contributed by atoms with E-state index in [2.05, 4.69) is 18.7 Å². The quantitative estimate of drug-likeness (QED) is 0.810. The third-order valence-electron chi connectivity index (χ3n) is 3.88. The summed E-state index contributed by atoms with van der Waals surface area (Å²) in [5, 5.41) is 9.03. The lowest BCUT2D eigenvalue weighted by atomic mass is 9.81. The predicted octanol–water partition coefficient (Wildman–Crippen LogP) is 1.30. The van der Waals surface area contributed by atoms with Crippen molar-refractivity contribution in [1.29, 1.82) is 0 Å². The molecule has 0 spiro atoms. The Balaban J connectivity index is 2.03. The standard InChI is InChI=1S/C12H21NO3S/c1-12(2)3-6-17-8-10(12)13-4-5-16-9(7-13)11(14)15/h9-10H,3-8H2,1-2H3,(H,14,15). The molecule has 2 aliphatic rings. The molecule has 0 aromatic carbocycles. The van der Waals surface area contributed by atoms with Crippen molar-refractivity contribution in [2.45, 2.75) is 32.4 Å². The Kier molecular flexibility index (Phi) is 4.00. The van der Waals surface area contributed by atoms with Crippen molar-refractivity contribution in [3.05, 3.63) is 0 Å². The molecule has 5 heteroatoms. The number of thioether (sulfide) groups is 1. The Morgan fingerprint density at radius 3 is 2.94 bits per heavy atom. The van der Waals surface area contributed by atoms with E-state index in [-0.39, 0.29) is 5.41 Å². The third kappa shape index (κ3) is 2.95. The van der Waals surface area contributed by atoms with Crippen LogP contribution in [0.15, 0.2) is 0 Å². The highest BCUT2D eigenvalue weighted by molar-refractivity contribution is 7.99. The van der Waals surface area contributed by atoms with Gasteiger partial charge in [-0.1, -0.05) is 13.8 Å². The van der Waals surface area contributed by atoms with Gasteiger partial charge in [0.25, 0.3) is 0 Å². The fourth-order valence-corrected chi connectivity index (χ4v) is 4.35. The Bertz CT molecular complexity index is 295. The molecule has 2 saturated heterocycles. The van der Waals surface area contributed by atoms with Crippen molar-refractivity contribution in [1.82, 2.24) is 4.90 Å². The topological polar surface area (TPSA) is 49.8 Å². The third-order valence-corrected chi connectivity index (χ3v) is 4.93. The van der Waals surface area contributed by atoms with Gasteiger partial charge in [0.1, 0.15) is 0 Å². The largest absolute Gasteiger partial charge is 0.479 e. The van der Waals surface area contributed by atoms with Crippen LogP contribution in [-0.2, 0) is 9.53 Å². The Hall–Kier alpha value is -0.260. The molecule has 0 saturated carbocycles. The highest BCUT2D eigenvalue weighted by Gasteiger charge is 2.39. The molecule has 2 unspecified atom stereocenters. The molecule has 17 heavy (non-hydrogen) atoms. The fourth-order valence-electron chi connectivity index (χ4n) is 2.62. The van der Waals surface area contributed by atoms with Gasteiger partial charge in [-0.15, -0.1) is 0 Å². The van der Waals surface area contributed by atoms with Gasteiger partial charge in [-0.2, -0.15) is 11.8 Å². The fraction of sp³-hybridized carbons (Fsp3) is 0.917. The molecule has 0 amide bonds. The van der Waals surface area contributed by atoms with Crippen LogP contribution in [0.4, 0.5) is 0 Å². The van der Waals surface area contributed by atoms with E-state index < -0.39 is 12.1 Å². The zero-order valence-electron chi connectivity index (χ0n) is 10.5. The molecule has 0 bridgehead atoms. The van der Waals surface area contributed by atoms with Crippen LogP contribution in [0.2, 0.25) is 0 Å². The number of rotatable bonds is 2. The van der Waals surface area contributed by atoms with E-state index in [0.29, 0.717) is 19.2 Å². The van der Waals surface area contributed by atoms with Crippen molar-refractivity contribution in [3.63, 3.8) is 0 Å². The molecule has 2 heterocycles. The molecule has 98 valence electrons. The minimum Gasteiger partial charge on any atom is -0.479 e. The van der Waals surface area contributed by atoms with Gasteiger partial charge in [0.2, 0.25) is 0 Å². The Labute approximate surface area is 107 Å². The second-order valence-corrected chi connectivity index (χ2v) is 6.67. The Morgan fingerprint density at radius 1 is 1.53 bits per heavy atom. The number of hydrogen-bond acceptors (Lipinski definition) is 4. The number of ether oxygens (including phenoxy) is 1. The summed E-state index contributed by atoms with van der Waals surface area (Å²) in [4.78, 5) is 13.3. The van der Waals surface area contributed by atoms with Crippen molar-refractivity contribution < 1.29 is 14.6 Å². The minimum absolute atomic E-state index is 0.283. The molecule has 1 N–H and O–H groups in total. The molecule has 0 aromatic rings. The summed E-state index contributed by atoms with van der Waals surface area (Å²) in [5.41, 5.74) is 0.283. The summed E-state index contributed by atoms with van der Waals surface area (Å²) in [6, 6.07) is 0.479. The number of nitrogens with zero attached hydrogens (tertiary/aromatic N) is 1. The molecule has 0 aromatic heterocycles. The lowest BCUT2D eigenvalue weighted by Crippen LogP contribution is -2.56. The van der Waals surface area contributed by atoms with E-state index in [4.69, 9.17) is 9.84 Å². The van der Waals surface area contributed by atoms with E-state index in [0.717, 1.165) is 12.3 Å². The summed E-state index contributed by atoms with van der Waals surface area (Å²) in [6.45, 7) is 6.52. The maximum Gasteiger partial charge on any atom is 0.334 e. The van der Waals surface area contributed by atoms with Gasteiger partial charge >= 0.3 is 5.97 Å². The maximum atomic E-state index is 11.0. The van der Waals surface area contributed by atoms with Gasteiger partial charge in [-0.3, -0.25) is 4.90 Å². The average Bonchev–Trinajstić information content (AvgIpc) is 2.28. The number of carboxylic acid groups (broad SMARTS) is 1. The van der Waals surface area contributed by atoms with E-state index >= 15 is 0 Å². The molecule has 0 aliphatic carbocycles. The zero-order chi connectivity index (χ0) is 12.5. The van der Waals surface area contributed by atoms with Crippen LogP contribution in [0, 0.1) is 5.41 Å². The number of hydrogen-bond donors (Lipinski definition) is 1. The molecule has 2 aliphatic heterocycles. The van der Waals surface area contributed by atoms with Gasteiger partial charge in [0, 0.05) is 24.9 Å². The van der Waals surface area contributed by atoms with Gasteiger partial charge < -0.3 is 9.84 Å². The molecule has 4 nitrogen and oxygen atoms in total. The molecule has 2 fully saturated rings. The SMILES string of the molecule is CC1(C)CCSCC1N1CCOC(C(=O)O)C1. The summed E-state index contributed by atoms with van der Waals surface area (Å²) in [7, 11) is 0. The average molecular weight is 259 g/mol. The second-order valence-electron chi connectivity index (χ2n) is 5.52. The van der Waals surface area contributed by atoms with E-state index in [1.807, 2.05) is 11.8 Å². The summed E-state index contributed by atoms with van der Waals surface area (Å²) in [6.07, 6.45) is 0.559. The van der Waals surface area contributed by atoms with Crippen LogP contribution in [0.25, 0.3) is 0 Å². The highest BCUT2D eigenvalue weighted by Crippen LogP contribution is 2.37. The van der Waals surface area contributed by atoms with E-state index in [1.54, 1.807) is 0 Å². The lowest BCUT2D eigenvalue weighted by molar-refractivity contribution is -0.158. The first-order chi connectivity index (χ1) is 8.00. The predicted molar refractivity (Wildman–Crippen MR) is 68.5 cm³/mol. The van der Waals surface area contributed by atoms with Crippen LogP contribution in [-0.4, -0.2) is 59.3 Å². The maximum absolute atomic E-state index is 11.0. The molecular formula is C12H21NO3S. The van der Waals surface area contributed by atoms with Gasteiger partial charge in [-0.25, -0.2) is 4.79 Å². The van der Waals surface area contributed by atoms with Gasteiger partial charge in [0.05, 0.1) is 6.61 Å². The molecule has 2 atom stereocenters. The van der Waals surface area contributed by atoms with Crippen LogP contribution in [0.5, 0.6) is 0 Å². The normalized spacial score (nSPS) is 34.5. The first-order valence-electron chi connectivity index (χ1n) is 6.17. The summed E-state index contributed by atoms with van der Waals surface area (Å²) in [5.74, 6) is 1.49. The van der Waals surface area contributed by atoms with Crippen LogP contribution < -0.4 is 0 Å². The van der Waals surface area contributed by atoms with Gasteiger partial charge in [0.15, 0.2) is 6.10 Å². The van der Waals surface area contributed by atoms with E-state index in [1.165, 1.54) is 12.2 Å². The first kappa shape index (κ1) is 13.2. The van der Waals surface area contributed by atoms with Crippen LogP contribution in [0.3, 0.4) is 0 Å². The van der Waals surface area contributed by atoms with Crippen LogP contribution >= 0.6 is 11.8 Å². The summed E-state index contributed by atoms with van der Waals surface area (Å²) >= 11 is 1.98. The smallest absolute Gasteiger partial charge is 0.334 e. The number of morpholine rings is 1. The van der Waals surface area contributed by atoms with E-state index in [9.17, 15) is 4.79 Å². The first-order valence-corrected chi connectivity index (χ1v) is 7.32. The monoisotopic (exact) mass is 259 g/mol. The van der Waals surface area contributed by atoms with Crippen LogP contribution in [0.1, 0.15) is 20.3 Å². The van der Waals surface area contributed by atoms with Crippen molar-refractivity contribution in [2.24, 2.45) is 5.41 Å². The second kappa shape index (κ2) is 5.16. The van der Waals surface area contributed by atoms with Crippen molar-refractivity contribution in [2.75, 3.05) is 31.2 Å². The molecule has 2 rings (SSSR count).